The number of amides is 1. The highest BCUT2D eigenvalue weighted by molar-refractivity contribution is 6.05. The molecular formula is C24H22N4O2. The highest BCUT2D eigenvalue weighted by Gasteiger charge is 2.16. The SMILES string of the molecule is Cc1cc(C(=O)Nc2ccc(Oc3ncccn3)cc2)c(C)n1Cc1ccccc1. The second kappa shape index (κ2) is 8.61. The number of ether oxygens (including phenoxy) is 1. The zero-order valence-electron chi connectivity index (χ0n) is 16.9. The Labute approximate surface area is 175 Å². The molecule has 0 radical (unpaired) electrons. The van der Waals surface area contributed by atoms with Crippen molar-refractivity contribution in [3.63, 3.8) is 0 Å². The van der Waals surface area contributed by atoms with Crippen molar-refractivity contribution in [3.05, 3.63) is 102 Å². The fraction of sp³-hybridized carbons (Fsp3) is 0.125. The van der Waals surface area contributed by atoms with Crippen LogP contribution in [0.25, 0.3) is 0 Å². The predicted molar refractivity (Wildman–Crippen MR) is 116 cm³/mol. The smallest absolute Gasteiger partial charge is 0.321 e. The Bertz CT molecular complexity index is 1140. The molecule has 0 saturated carbocycles. The van der Waals surface area contributed by atoms with Crippen LogP contribution in [0.15, 0.2) is 79.1 Å². The summed E-state index contributed by atoms with van der Waals surface area (Å²) in [7, 11) is 0. The molecule has 0 fully saturated rings. The summed E-state index contributed by atoms with van der Waals surface area (Å²) < 4.78 is 7.73. The van der Waals surface area contributed by atoms with Gasteiger partial charge in [-0.3, -0.25) is 4.79 Å². The van der Waals surface area contributed by atoms with Gasteiger partial charge in [-0.05, 0) is 55.8 Å². The van der Waals surface area contributed by atoms with E-state index in [1.807, 2.05) is 38.1 Å². The van der Waals surface area contributed by atoms with Crippen molar-refractivity contribution in [2.45, 2.75) is 20.4 Å². The van der Waals surface area contributed by atoms with Gasteiger partial charge in [-0.2, -0.15) is 0 Å². The van der Waals surface area contributed by atoms with Crippen LogP contribution in [0.2, 0.25) is 0 Å². The van der Waals surface area contributed by atoms with Crippen LogP contribution in [0.5, 0.6) is 11.8 Å². The number of nitrogens with zero attached hydrogens (tertiary/aromatic N) is 3. The van der Waals surface area contributed by atoms with E-state index in [0.29, 0.717) is 17.0 Å². The number of anilines is 1. The van der Waals surface area contributed by atoms with Gasteiger partial charge >= 0.3 is 6.01 Å². The van der Waals surface area contributed by atoms with Crippen LogP contribution >= 0.6 is 0 Å². The van der Waals surface area contributed by atoms with Crippen LogP contribution in [-0.2, 0) is 6.54 Å². The van der Waals surface area contributed by atoms with Crippen molar-refractivity contribution < 1.29 is 9.53 Å². The lowest BCUT2D eigenvalue weighted by atomic mass is 10.2. The van der Waals surface area contributed by atoms with Gasteiger partial charge in [0.15, 0.2) is 0 Å². The maximum absolute atomic E-state index is 12.9. The summed E-state index contributed by atoms with van der Waals surface area (Å²) in [5, 5.41) is 2.96. The first-order valence-electron chi connectivity index (χ1n) is 9.67. The van der Waals surface area contributed by atoms with E-state index in [2.05, 4.69) is 32.0 Å². The van der Waals surface area contributed by atoms with Gasteiger partial charge in [0.25, 0.3) is 5.91 Å². The maximum atomic E-state index is 12.9. The zero-order valence-corrected chi connectivity index (χ0v) is 16.9. The molecule has 0 atom stereocenters. The lowest BCUT2D eigenvalue weighted by Gasteiger charge is -2.10. The van der Waals surface area contributed by atoms with Crippen molar-refractivity contribution in [3.8, 4) is 11.8 Å². The van der Waals surface area contributed by atoms with E-state index in [1.165, 1.54) is 5.56 Å². The predicted octanol–water partition coefficient (Wildman–Crippen LogP) is 4.99. The van der Waals surface area contributed by atoms with Crippen molar-refractivity contribution >= 4 is 11.6 Å². The molecule has 150 valence electrons. The van der Waals surface area contributed by atoms with Gasteiger partial charge < -0.3 is 14.6 Å². The van der Waals surface area contributed by atoms with Gasteiger partial charge in [0.2, 0.25) is 0 Å². The second-order valence-electron chi connectivity index (χ2n) is 6.97. The van der Waals surface area contributed by atoms with Crippen LogP contribution < -0.4 is 10.1 Å². The number of hydrogen-bond acceptors (Lipinski definition) is 4. The van der Waals surface area contributed by atoms with Gasteiger partial charge in [-0.15, -0.1) is 0 Å². The molecule has 0 aliphatic heterocycles. The van der Waals surface area contributed by atoms with E-state index < -0.39 is 0 Å². The first kappa shape index (κ1) is 19.4. The molecule has 4 aromatic rings. The monoisotopic (exact) mass is 398 g/mol. The minimum Gasteiger partial charge on any atom is -0.424 e. The molecule has 6 nitrogen and oxygen atoms in total. The van der Waals surface area contributed by atoms with Gasteiger partial charge in [-0.1, -0.05) is 30.3 Å². The molecule has 1 N–H and O–H groups in total. The quantitative estimate of drug-likeness (QED) is 0.497. The third kappa shape index (κ3) is 4.38. The zero-order chi connectivity index (χ0) is 20.9. The Hall–Kier alpha value is -3.93. The standard InChI is InChI=1S/C24H22N4O2/c1-17-15-22(18(2)28(17)16-19-7-4-3-5-8-19)23(29)27-20-9-11-21(12-10-20)30-24-25-13-6-14-26-24/h3-15H,16H2,1-2H3,(H,27,29). The minimum absolute atomic E-state index is 0.137. The molecule has 0 bridgehead atoms. The molecule has 0 spiro atoms. The maximum Gasteiger partial charge on any atom is 0.321 e. The molecule has 0 saturated heterocycles. The lowest BCUT2D eigenvalue weighted by Crippen LogP contribution is -2.13. The largest absolute Gasteiger partial charge is 0.424 e. The average molecular weight is 398 g/mol. The Morgan fingerprint density at radius 3 is 2.37 bits per heavy atom. The minimum atomic E-state index is -0.137. The van der Waals surface area contributed by atoms with Gasteiger partial charge in [-0.25, -0.2) is 9.97 Å². The highest BCUT2D eigenvalue weighted by atomic mass is 16.5. The first-order valence-corrected chi connectivity index (χ1v) is 9.67. The summed E-state index contributed by atoms with van der Waals surface area (Å²) in [5.74, 6) is 0.461. The molecule has 1 amide bonds. The number of carbonyl (C=O) groups is 1. The molecule has 2 aromatic carbocycles. The Morgan fingerprint density at radius 2 is 1.67 bits per heavy atom. The normalized spacial score (nSPS) is 10.6. The third-order valence-electron chi connectivity index (χ3n) is 4.87. The number of benzene rings is 2. The molecule has 0 aliphatic carbocycles. The van der Waals surface area contributed by atoms with E-state index in [1.54, 1.807) is 42.7 Å². The van der Waals surface area contributed by atoms with E-state index in [9.17, 15) is 4.79 Å². The summed E-state index contributed by atoms with van der Waals surface area (Å²) in [6.45, 7) is 4.73. The number of carbonyl (C=O) groups excluding carboxylic acids is 1. The van der Waals surface area contributed by atoms with Gasteiger partial charge in [0.1, 0.15) is 5.75 Å². The number of nitrogens with one attached hydrogen (secondary N) is 1. The van der Waals surface area contributed by atoms with Crippen molar-refractivity contribution in [1.29, 1.82) is 0 Å². The van der Waals surface area contributed by atoms with E-state index >= 15 is 0 Å². The summed E-state index contributed by atoms with van der Waals surface area (Å²) >= 11 is 0. The Kier molecular flexibility index (Phi) is 5.57. The van der Waals surface area contributed by atoms with Gasteiger partial charge in [0, 0.05) is 36.0 Å². The summed E-state index contributed by atoms with van der Waals surface area (Å²) in [6, 6.07) is 21.3. The molecular weight excluding hydrogens is 376 g/mol. The number of aryl methyl sites for hydroxylation is 1. The van der Waals surface area contributed by atoms with E-state index in [0.717, 1.165) is 17.9 Å². The average Bonchev–Trinajstić information content (AvgIpc) is 3.05. The highest BCUT2D eigenvalue weighted by Crippen LogP contribution is 2.22. The van der Waals surface area contributed by atoms with Crippen molar-refractivity contribution in [2.24, 2.45) is 0 Å². The third-order valence-corrected chi connectivity index (χ3v) is 4.87. The molecule has 0 aliphatic rings. The molecule has 2 aromatic heterocycles. The Balaban J connectivity index is 1.45. The Morgan fingerprint density at radius 1 is 0.967 bits per heavy atom. The summed E-state index contributed by atoms with van der Waals surface area (Å²) in [5.41, 5.74) is 4.54. The molecule has 6 heteroatoms. The number of hydrogen-bond donors (Lipinski definition) is 1. The second-order valence-corrected chi connectivity index (χ2v) is 6.97. The fourth-order valence-corrected chi connectivity index (χ4v) is 3.29. The topological polar surface area (TPSA) is 69.0 Å². The van der Waals surface area contributed by atoms with Crippen LogP contribution in [0.4, 0.5) is 5.69 Å². The molecule has 2 heterocycles. The fourth-order valence-electron chi connectivity index (χ4n) is 3.29. The summed E-state index contributed by atoms with van der Waals surface area (Å²) in [4.78, 5) is 20.9. The van der Waals surface area contributed by atoms with Crippen LogP contribution in [0, 0.1) is 13.8 Å². The molecule has 30 heavy (non-hydrogen) atoms. The van der Waals surface area contributed by atoms with Gasteiger partial charge in [0.05, 0.1) is 5.56 Å². The molecule has 4 rings (SSSR count). The van der Waals surface area contributed by atoms with E-state index in [4.69, 9.17) is 4.74 Å². The van der Waals surface area contributed by atoms with Crippen LogP contribution in [-0.4, -0.2) is 20.4 Å². The lowest BCUT2D eigenvalue weighted by molar-refractivity contribution is 0.102. The molecule has 0 unspecified atom stereocenters. The van der Waals surface area contributed by atoms with E-state index in [-0.39, 0.29) is 11.9 Å². The van der Waals surface area contributed by atoms with Crippen molar-refractivity contribution in [1.82, 2.24) is 14.5 Å². The van der Waals surface area contributed by atoms with Crippen molar-refractivity contribution in [2.75, 3.05) is 5.32 Å². The number of aromatic nitrogens is 3. The van der Waals surface area contributed by atoms with Crippen LogP contribution in [0.3, 0.4) is 0 Å². The first-order chi connectivity index (χ1) is 14.6. The van der Waals surface area contributed by atoms with Crippen LogP contribution in [0.1, 0.15) is 27.3 Å². The number of rotatable bonds is 6. The summed E-state index contributed by atoms with van der Waals surface area (Å²) in [6.07, 6.45) is 3.23.